The molecule has 0 fully saturated rings. The Kier molecular flexibility index (Phi) is 3.44. The monoisotopic (exact) mass is 270 g/mol. The van der Waals surface area contributed by atoms with Crippen LogP contribution in [0, 0.1) is 0 Å². The van der Waals surface area contributed by atoms with Crippen molar-refractivity contribution in [3.05, 3.63) is 22.3 Å². The van der Waals surface area contributed by atoms with E-state index in [-0.39, 0.29) is 21.9 Å². The number of hydrogen-bond donors (Lipinski definition) is 1. The maximum Gasteiger partial charge on any atom is 0.267 e. The lowest BCUT2D eigenvalue weighted by Gasteiger charge is -2.08. The lowest BCUT2D eigenvalue weighted by Crippen LogP contribution is -2.02. The third-order valence-electron chi connectivity index (χ3n) is 1.50. The first kappa shape index (κ1) is 10.7. The van der Waals surface area contributed by atoms with Gasteiger partial charge in [-0.15, -0.1) is 0 Å². The zero-order valence-corrected chi connectivity index (χ0v) is 8.74. The Morgan fingerprint density at radius 2 is 2.23 bits per heavy atom. The maximum atomic E-state index is 12.4. The van der Waals surface area contributed by atoms with Crippen LogP contribution < -0.4 is 5.73 Å². The molecule has 0 saturated carbocycles. The van der Waals surface area contributed by atoms with Crippen LogP contribution in [0.3, 0.4) is 0 Å². The number of alkyl halides is 3. The molecule has 0 aliphatic heterocycles. The van der Waals surface area contributed by atoms with E-state index in [0.717, 1.165) is 0 Å². The fraction of sp³-hybridized carbons (Fsp3) is 0.286. The van der Waals surface area contributed by atoms with E-state index < -0.39 is 6.43 Å². The molecule has 0 unspecified atom stereocenters. The van der Waals surface area contributed by atoms with E-state index in [4.69, 9.17) is 17.3 Å². The van der Waals surface area contributed by atoms with Crippen molar-refractivity contribution in [3.63, 3.8) is 0 Å². The van der Waals surface area contributed by atoms with Gasteiger partial charge in [-0.1, -0.05) is 27.5 Å². The molecule has 2 nitrogen and oxygen atoms in total. The van der Waals surface area contributed by atoms with Crippen LogP contribution in [-0.2, 0) is 5.33 Å². The minimum absolute atomic E-state index is 0.122. The van der Waals surface area contributed by atoms with Crippen molar-refractivity contribution in [2.75, 3.05) is 5.73 Å². The van der Waals surface area contributed by atoms with E-state index in [1.165, 1.54) is 6.07 Å². The van der Waals surface area contributed by atoms with E-state index in [1.807, 2.05) is 0 Å². The molecule has 1 aromatic rings. The number of nitrogens with two attached hydrogens (primary N) is 1. The van der Waals surface area contributed by atoms with Gasteiger partial charge < -0.3 is 5.73 Å². The van der Waals surface area contributed by atoms with Crippen LogP contribution in [0.1, 0.15) is 17.6 Å². The SMILES string of the molecule is Nc1nc(Cl)cc(CBr)c1C(F)F. The molecule has 0 saturated heterocycles. The quantitative estimate of drug-likeness (QED) is 0.663. The van der Waals surface area contributed by atoms with Crippen LogP contribution >= 0.6 is 27.5 Å². The first-order valence-electron chi connectivity index (χ1n) is 3.35. The number of pyridine rings is 1. The second-order valence-corrected chi connectivity index (χ2v) is 3.29. The predicted octanol–water partition coefficient (Wildman–Crippen LogP) is 3.15. The van der Waals surface area contributed by atoms with E-state index in [9.17, 15) is 8.78 Å². The summed E-state index contributed by atoms with van der Waals surface area (Å²) in [5.41, 5.74) is 5.42. The van der Waals surface area contributed by atoms with Crippen molar-refractivity contribution < 1.29 is 8.78 Å². The van der Waals surface area contributed by atoms with Gasteiger partial charge in [-0.05, 0) is 11.6 Å². The lowest BCUT2D eigenvalue weighted by atomic mass is 10.1. The molecule has 0 aromatic carbocycles. The highest BCUT2D eigenvalue weighted by Crippen LogP contribution is 2.30. The molecule has 0 aliphatic carbocycles. The molecule has 72 valence electrons. The van der Waals surface area contributed by atoms with Gasteiger partial charge in [0.15, 0.2) is 0 Å². The number of rotatable bonds is 2. The third kappa shape index (κ3) is 2.28. The molecule has 6 heteroatoms. The number of hydrogen-bond acceptors (Lipinski definition) is 2. The number of anilines is 1. The molecule has 0 bridgehead atoms. The molecule has 0 atom stereocenters. The topological polar surface area (TPSA) is 38.9 Å². The lowest BCUT2D eigenvalue weighted by molar-refractivity contribution is 0.151. The summed E-state index contributed by atoms with van der Waals surface area (Å²) < 4.78 is 24.8. The number of halogens is 4. The van der Waals surface area contributed by atoms with Gasteiger partial charge in [0.2, 0.25) is 0 Å². The van der Waals surface area contributed by atoms with Gasteiger partial charge in [0, 0.05) is 5.33 Å². The molecule has 1 aromatic heterocycles. The smallest absolute Gasteiger partial charge is 0.267 e. The molecule has 0 spiro atoms. The van der Waals surface area contributed by atoms with Crippen molar-refractivity contribution in [1.29, 1.82) is 0 Å². The van der Waals surface area contributed by atoms with Gasteiger partial charge in [-0.25, -0.2) is 13.8 Å². The first-order valence-corrected chi connectivity index (χ1v) is 4.85. The Hall–Kier alpha value is -0.420. The van der Waals surface area contributed by atoms with Crippen molar-refractivity contribution >= 4 is 33.3 Å². The largest absolute Gasteiger partial charge is 0.383 e. The Morgan fingerprint density at radius 3 is 2.69 bits per heavy atom. The molecule has 1 rings (SSSR count). The Bertz CT molecular complexity index is 320. The highest BCUT2D eigenvalue weighted by atomic mass is 79.9. The summed E-state index contributed by atoms with van der Waals surface area (Å²) in [4.78, 5) is 3.55. The normalized spacial score (nSPS) is 10.8. The first-order chi connectivity index (χ1) is 6.06. The summed E-state index contributed by atoms with van der Waals surface area (Å²) in [6, 6.07) is 1.37. The van der Waals surface area contributed by atoms with E-state index in [0.29, 0.717) is 5.56 Å². The average Bonchev–Trinajstić information content (AvgIpc) is 2.01. The summed E-state index contributed by atoms with van der Waals surface area (Å²) >= 11 is 8.62. The van der Waals surface area contributed by atoms with Crippen LogP contribution in [-0.4, -0.2) is 4.98 Å². The van der Waals surface area contributed by atoms with E-state index in [2.05, 4.69) is 20.9 Å². The summed E-state index contributed by atoms with van der Waals surface area (Å²) in [6.07, 6.45) is -2.63. The van der Waals surface area contributed by atoms with Crippen LogP contribution in [0.15, 0.2) is 6.07 Å². The number of nitrogen functional groups attached to an aromatic ring is 1. The fourth-order valence-corrected chi connectivity index (χ4v) is 1.64. The van der Waals surface area contributed by atoms with Gasteiger partial charge in [-0.2, -0.15) is 0 Å². The van der Waals surface area contributed by atoms with Crippen molar-refractivity contribution in [2.45, 2.75) is 11.8 Å². The molecular formula is C7H6BrClF2N2. The Labute approximate surface area is 87.2 Å². The van der Waals surface area contributed by atoms with E-state index >= 15 is 0 Å². The van der Waals surface area contributed by atoms with Gasteiger partial charge >= 0.3 is 0 Å². The summed E-state index contributed by atoms with van der Waals surface area (Å²) in [5, 5.41) is 0.399. The molecule has 0 radical (unpaired) electrons. The highest BCUT2D eigenvalue weighted by Gasteiger charge is 2.17. The minimum atomic E-state index is -2.63. The van der Waals surface area contributed by atoms with Crippen molar-refractivity contribution in [2.24, 2.45) is 0 Å². The molecule has 2 N–H and O–H groups in total. The van der Waals surface area contributed by atoms with Gasteiger partial charge in [0.25, 0.3) is 6.43 Å². The van der Waals surface area contributed by atoms with Gasteiger partial charge in [0.1, 0.15) is 11.0 Å². The summed E-state index contributed by atoms with van der Waals surface area (Å²) in [6.45, 7) is 0. The minimum Gasteiger partial charge on any atom is -0.383 e. The highest BCUT2D eigenvalue weighted by molar-refractivity contribution is 9.08. The average molecular weight is 271 g/mol. The Morgan fingerprint density at radius 1 is 1.62 bits per heavy atom. The Balaban J connectivity index is 3.30. The number of aromatic nitrogens is 1. The number of nitrogens with zero attached hydrogens (tertiary/aromatic N) is 1. The van der Waals surface area contributed by atoms with Crippen LogP contribution in [0.4, 0.5) is 14.6 Å². The van der Waals surface area contributed by atoms with Gasteiger partial charge in [0.05, 0.1) is 5.56 Å². The molecule has 0 aliphatic rings. The second-order valence-electron chi connectivity index (χ2n) is 2.34. The zero-order valence-electron chi connectivity index (χ0n) is 6.40. The molecule has 0 amide bonds. The second kappa shape index (κ2) is 4.19. The summed E-state index contributed by atoms with van der Waals surface area (Å²) in [5.74, 6) is -0.211. The van der Waals surface area contributed by atoms with Crippen LogP contribution in [0.25, 0.3) is 0 Å². The standard InChI is InChI=1S/C7H6BrClF2N2/c8-2-3-1-4(9)13-7(12)5(3)6(10)11/h1,6H,2H2,(H2,12,13). The van der Waals surface area contributed by atoms with Crippen LogP contribution in [0.2, 0.25) is 5.15 Å². The maximum absolute atomic E-state index is 12.4. The molecule has 1 heterocycles. The van der Waals surface area contributed by atoms with Crippen molar-refractivity contribution in [3.8, 4) is 0 Å². The van der Waals surface area contributed by atoms with Gasteiger partial charge in [-0.3, -0.25) is 0 Å². The van der Waals surface area contributed by atoms with E-state index in [1.54, 1.807) is 0 Å². The van der Waals surface area contributed by atoms with Crippen LogP contribution in [0.5, 0.6) is 0 Å². The molecular weight excluding hydrogens is 265 g/mol. The third-order valence-corrected chi connectivity index (χ3v) is 2.30. The fourth-order valence-electron chi connectivity index (χ4n) is 0.956. The van der Waals surface area contributed by atoms with Crippen molar-refractivity contribution in [1.82, 2.24) is 4.98 Å². The zero-order chi connectivity index (χ0) is 10.0. The predicted molar refractivity (Wildman–Crippen MR) is 51.2 cm³/mol. The molecule has 13 heavy (non-hydrogen) atoms. The summed E-state index contributed by atoms with van der Waals surface area (Å²) in [7, 11) is 0.